The number of hydrogen-bond donors (Lipinski definition) is 0. The Labute approximate surface area is 106 Å². The summed E-state index contributed by atoms with van der Waals surface area (Å²) in [5.41, 5.74) is 4.03. The number of benzene rings is 1. The van der Waals surface area contributed by atoms with Crippen LogP contribution in [0.25, 0.3) is 0 Å². The van der Waals surface area contributed by atoms with Gasteiger partial charge in [-0.3, -0.25) is 9.79 Å². The molecule has 0 aliphatic rings. The molecule has 0 unspecified atom stereocenters. The first-order valence-corrected chi connectivity index (χ1v) is 5.68. The minimum atomic E-state index is 0.541. The van der Waals surface area contributed by atoms with E-state index in [4.69, 9.17) is 0 Å². The van der Waals surface area contributed by atoms with E-state index in [1.165, 1.54) is 0 Å². The molecule has 0 fully saturated rings. The van der Waals surface area contributed by atoms with E-state index in [1.54, 1.807) is 25.0 Å². The maximum Gasteiger partial charge on any atom is 0.168 e. The number of nitrogens with zero attached hydrogens (tertiary/aromatic N) is 3. The Kier molecular flexibility index (Phi) is 3.37. The molecule has 1 heterocycles. The van der Waals surface area contributed by atoms with Gasteiger partial charge in [-0.25, -0.2) is 4.98 Å². The SMILES string of the molecule is C/N=C(\c1ccccc1C)c1ncn(C)c1C=O. The number of carbonyl (C=O) groups excluding carboxylic acids is 1. The first-order valence-electron chi connectivity index (χ1n) is 5.68. The van der Waals surface area contributed by atoms with Crippen LogP contribution < -0.4 is 0 Å². The predicted molar refractivity (Wildman–Crippen MR) is 71.3 cm³/mol. The van der Waals surface area contributed by atoms with Gasteiger partial charge in [-0.05, 0) is 12.5 Å². The highest BCUT2D eigenvalue weighted by Crippen LogP contribution is 2.15. The average molecular weight is 241 g/mol. The van der Waals surface area contributed by atoms with Crippen LogP contribution in [0.2, 0.25) is 0 Å². The number of carbonyl (C=O) groups is 1. The highest BCUT2D eigenvalue weighted by Gasteiger charge is 2.16. The lowest BCUT2D eigenvalue weighted by molar-refractivity contribution is 0.111. The third-order valence-corrected chi connectivity index (χ3v) is 2.94. The van der Waals surface area contributed by atoms with Gasteiger partial charge in [0.25, 0.3) is 0 Å². The number of aromatic nitrogens is 2. The molecule has 4 heteroatoms. The molecule has 0 spiro atoms. The fourth-order valence-corrected chi connectivity index (χ4v) is 1.95. The summed E-state index contributed by atoms with van der Waals surface area (Å²) in [5.74, 6) is 0. The Hall–Kier alpha value is -2.23. The molecule has 2 rings (SSSR count). The van der Waals surface area contributed by atoms with Gasteiger partial charge in [0.1, 0.15) is 11.4 Å². The molecule has 4 nitrogen and oxygen atoms in total. The van der Waals surface area contributed by atoms with E-state index in [9.17, 15) is 4.79 Å². The van der Waals surface area contributed by atoms with Gasteiger partial charge in [-0.1, -0.05) is 24.3 Å². The second-order valence-corrected chi connectivity index (χ2v) is 4.09. The Bertz CT molecular complexity index is 611. The van der Waals surface area contributed by atoms with Gasteiger partial charge in [0, 0.05) is 19.7 Å². The van der Waals surface area contributed by atoms with Crippen molar-refractivity contribution in [2.75, 3.05) is 7.05 Å². The van der Waals surface area contributed by atoms with Gasteiger partial charge in [-0.2, -0.15) is 0 Å². The molecule has 0 saturated heterocycles. The van der Waals surface area contributed by atoms with Crippen molar-refractivity contribution < 1.29 is 4.79 Å². The van der Waals surface area contributed by atoms with E-state index in [2.05, 4.69) is 9.98 Å². The number of aliphatic imine (C=N–C) groups is 1. The highest BCUT2D eigenvalue weighted by molar-refractivity contribution is 6.15. The molecule has 0 saturated carbocycles. The fourth-order valence-electron chi connectivity index (χ4n) is 1.95. The van der Waals surface area contributed by atoms with E-state index >= 15 is 0 Å². The summed E-state index contributed by atoms with van der Waals surface area (Å²) >= 11 is 0. The van der Waals surface area contributed by atoms with Crippen molar-refractivity contribution in [1.29, 1.82) is 0 Å². The molecule has 0 bridgehead atoms. The molecule has 0 aliphatic carbocycles. The van der Waals surface area contributed by atoms with Crippen molar-refractivity contribution in [3.63, 3.8) is 0 Å². The van der Waals surface area contributed by atoms with Gasteiger partial charge >= 0.3 is 0 Å². The van der Waals surface area contributed by atoms with Crippen LogP contribution in [0.5, 0.6) is 0 Å². The highest BCUT2D eigenvalue weighted by atomic mass is 16.1. The smallest absolute Gasteiger partial charge is 0.168 e. The van der Waals surface area contributed by atoms with Crippen molar-refractivity contribution in [1.82, 2.24) is 9.55 Å². The Morgan fingerprint density at radius 1 is 1.39 bits per heavy atom. The number of aryl methyl sites for hydroxylation is 2. The molecular formula is C14H15N3O. The molecule has 2 aromatic rings. The van der Waals surface area contributed by atoms with Crippen LogP contribution in [0.3, 0.4) is 0 Å². The summed E-state index contributed by atoms with van der Waals surface area (Å²) in [7, 11) is 3.51. The van der Waals surface area contributed by atoms with Gasteiger partial charge in [0.15, 0.2) is 6.29 Å². The lowest BCUT2D eigenvalue weighted by atomic mass is 10.0. The molecule has 1 aromatic heterocycles. The summed E-state index contributed by atoms with van der Waals surface area (Å²) < 4.78 is 1.70. The van der Waals surface area contributed by atoms with Gasteiger partial charge in [0.05, 0.1) is 12.0 Å². The number of imidazole rings is 1. The quantitative estimate of drug-likeness (QED) is 0.609. The van der Waals surface area contributed by atoms with E-state index in [-0.39, 0.29) is 0 Å². The third kappa shape index (κ3) is 1.97. The summed E-state index contributed by atoms with van der Waals surface area (Å²) in [6, 6.07) is 7.94. The van der Waals surface area contributed by atoms with Crippen LogP contribution in [-0.2, 0) is 7.05 Å². The maximum atomic E-state index is 11.1. The molecule has 0 radical (unpaired) electrons. The first kappa shape index (κ1) is 12.2. The number of hydrogen-bond acceptors (Lipinski definition) is 3. The van der Waals surface area contributed by atoms with E-state index in [1.807, 2.05) is 31.2 Å². The molecule has 0 atom stereocenters. The summed E-state index contributed by atoms with van der Waals surface area (Å²) in [4.78, 5) is 19.7. The monoisotopic (exact) mass is 241 g/mol. The van der Waals surface area contributed by atoms with E-state index in [0.717, 1.165) is 23.1 Å². The third-order valence-electron chi connectivity index (χ3n) is 2.94. The maximum absolute atomic E-state index is 11.1. The largest absolute Gasteiger partial charge is 0.331 e. The topological polar surface area (TPSA) is 47.2 Å². The zero-order chi connectivity index (χ0) is 13.1. The van der Waals surface area contributed by atoms with Crippen LogP contribution in [0, 0.1) is 6.92 Å². The van der Waals surface area contributed by atoms with Crippen molar-refractivity contribution in [3.05, 3.63) is 53.1 Å². The Morgan fingerprint density at radius 2 is 2.11 bits per heavy atom. The van der Waals surface area contributed by atoms with Gasteiger partial charge in [0.2, 0.25) is 0 Å². The summed E-state index contributed by atoms with van der Waals surface area (Å²) in [6.07, 6.45) is 2.44. The van der Waals surface area contributed by atoms with Gasteiger partial charge < -0.3 is 4.57 Å². The Morgan fingerprint density at radius 3 is 2.72 bits per heavy atom. The van der Waals surface area contributed by atoms with Crippen LogP contribution in [0.1, 0.15) is 27.3 Å². The molecule has 0 amide bonds. The molecule has 0 N–H and O–H groups in total. The van der Waals surface area contributed by atoms with Crippen LogP contribution in [0.4, 0.5) is 0 Å². The first-order chi connectivity index (χ1) is 8.69. The van der Waals surface area contributed by atoms with E-state index in [0.29, 0.717) is 11.4 Å². The second kappa shape index (κ2) is 4.96. The van der Waals surface area contributed by atoms with Crippen LogP contribution in [-0.4, -0.2) is 28.6 Å². The van der Waals surface area contributed by atoms with Crippen LogP contribution >= 0.6 is 0 Å². The molecule has 92 valence electrons. The van der Waals surface area contributed by atoms with Crippen molar-refractivity contribution >= 4 is 12.0 Å². The zero-order valence-electron chi connectivity index (χ0n) is 10.7. The van der Waals surface area contributed by atoms with Crippen molar-refractivity contribution in [2.24, 2.45) is 12.0 Å². The second-order valence-electron chi connectivity index (χ2n) is 4.09. The van der Waals surface area contributed by atoms with Crippen molar-refractivity contribution in [2.45, 2.75) is 6.92 Å². The lowest BCUT2D eigenvalue weighted by Gasteiger charge is -2.07. The molecular weight excluding hydrogens is 226 g/mol. The molecule has 18 heavy (non-hydrogen) atoms. The minimum absolute atomic E-state index is 0.541. The normalized spacial score (nSPS) is 11.6. The predicted octanol–water partition coefficient (Wildman–Crippen LogP) is 2.01. The summed E-state index contributed by atoms with van der Waals surface area (Å²) in [5, 5.41) is 0. The number of aldehydes is 1. The van der Waals surface area contributed by atoms with Crippen LogP contribution in [0.15, 0.2) is 35.6 Å². The summed E-state index contributed by atoms with van der Waals surface area (Å²) in [6.45, 7) is 2.02. The number of rotatable bonds is 3. The molecule has 0 aliphatic heterocycles. The average Bonchev–Trinajstić information content (AvgIpc) is 2.74. The van der Waals surface area contributed by atoms with E-state index < -0.39 is 0 Å². The molecule has 1 aromatic carbocycles. The fraction of sp³-hybridized carbons (Fsp3) is 0.214. The standard InChI is InChI=1S/C14H15N3O/c1-10-6-4-5-7-11(10)13(15-2)14-12(8-18)17(3)9-16-14/h4-9H,1-3H3/b15-13+. The Balaban J connectivity index is 2.60. The zero-order valence-corrected chi connectivity index (χ0v) is 10.7. The minimum Gasteiger partial charge on any atom is -0.331 e. The van der Waals surface area contributed by atoms with Crippen molar-refractivity contribution in [3.8, 4) is 0 Å². The lowest BCUT2D eigenvalue weighted by Crippen LogP contribution is -2.09. The van der Waals surface area contributed by atoms with Gasteiger partial charge in [-0.15, -0.1) is 0 Å².